The Balaban J connectivity index is 0.0000110. The lowest BCUT2D eigenvalue weighted by Crippen LogP contribution is -2.24. The normalized spacial score (nSPS) is 14.0. The van der Waals surface area contributed by atoms with Gasteiger partial charge in [-0.1, -0.05) is 87.6 Å². The first-order valence-corrected chi connectivity index (χ1v) is 17.7. The molecule has 1 aromatic carbocycles. The third-order valence-corrected chi connectivity index (χ3v) is 8.52. The van der Waals surface area contributed by atoms with Crippen molar-refractivity contribution in [1.29, 1.82) is 0 Å². The Hall–Kier alpha value is -2.75. The lowest BCUT2D eigenvalue weighted by Gasteiger charge is -2.20. The molecular weight excluding hydrogens is 598 g/mol. The van der Waals surface area contributed by atoms with Crippen LogP contribution in [0.15, 0.2) is 99.7 Å². The number of rotatable bonds is 21. The third-order valence-electron chi connectivity index (χ3n) is 8.52. The molecule has 0 aromatic heterocycles. The monoisotopic (exact) mass is 663 g/mol. The van der Waals surface area contributed by atoms with E-state index in [1.165, 1.54) is 51.0 Å². The first kappa shape index (κ1) is 42.3. The SMILES string of the molecule is CC(C)=CCCC(C)=CCCC(C)=CCN(C/C=C(\C)CC/C=C(\C)CC/C=C(\C)CCC=C(C)C)Cc1ccc2c(c1)OCO2.Cl. The molecule has 0 atom stereocenters. The van der Waals surface area contributed by atoms with Crippen molar-refractivity contribution >= 4 is 12.4 Å². The van der Waals surface area contributed by atoms with Crippen LogP contribution in [0.1, 0.15) is 132 Å². The van der Waals surface area contributed by atoms with Crippen molar-refractivity contribution in [2.24, 2.45) is 0 Å². The number of benzene rings is 1. The van der Waals surface area contributed by atoms with Crippen molar-refractivity contribution in [3.8, 4) is 11.5 Å². The Morgan fingerprint density at radius 3 is 1.34 bits per heavy atom. The van der Waals surface area contributed by atoms with Crippen LogP contribution in [0.4, 0.5) is 0 Å². The van der Waals surface area contributed by atoms with Crippen LogP contribution < -0.4 is 9.47 Å². The van der Waals surface area contributed by atoms with Crippen molar-refractivity contribution in [2.75, 3.05) is 19.9 Å². The molecule has 0 N–H and O–H groups in total. The van der Waals surface area contributed by atoms with Crippen LogP contribution >= 0.6 is 12.4 Å². The summed E-state index contributed by atoms with van der Waals surface area (Å²) in [4.78, 5) is 2.53. The van der Waals surface area contributed by atoms with Gasteiger partial charge in [-0.15, -0.1) is 12.4 Å². The molecule has 0 unspecified atom stereocenters. The lowest BCUT2D eigenvalue weighted by atomic mass is 10.0. The predicted octanol–water partition coefficient (Wildman–Crippen LogP) is 13.2. The molecule has 1 aliphatic rings. The lowest BCUT2D eigenvalue weighted by molar-refractivity contribution is 0.174. The Morgan fingerprint density at radius 1 is 0.532 bits per heavy atom. The molecule has 3 nitrogen and oxygen atoms in total. The molecule has 2 rings (SSSR count). The maximum absolute atomic E-state index is 5.66. The van der Waals surface area contributed by atoms with Gasteiger partial charge < -0.3 is 9.47 Å². The van der Waals surface area contributed by atoms with E-state index in [1.807, 2.05) is 6.07 Å². The highest BCUT2D eigenvalue weighted by molar-refractivity contribution is 5.85. The molecule has 0 spiro atoms. The van der Waals surface area contributed by atoms with Gasteiger partial charge in [-0.05, 0) is 144 Å². The van der Waals surface area contributed by atoms with E-state index in [1.54, 1.807) is 0 Å². The predicted molar refractivity (Wildman–Crippen MR) is 209 cm³/mol. The highest BCUT2D eigenvalue weighted by Gasteiger charge is 2.14. The Morgan fingerprint density at radius 2 is 0.915 bits per heavy atom. The van der Waals surface area contributed by atoms with Crippen molar-refractivity contribution in [1.82, 2.24) is 4.90 Å². The molecule has 0 bridgehead atoms. The quantitative estimate of drug-likeness (QED) is 0.122. The van der Waals surface area contributed by atoms with Crippen molar-refractivity contribution in [3.63, 3.8) is 0 Å². The van der Waals surface area contributed by atoms with E-state index < -0.39 is 0 Å². The third kappa shape index (κ3) is 20.3. The van der Waals surface area contributed by atoms with Crippen LogP contribution in [0.5, 0.6) is 11.5 Å². The highest BCUT2D eigenvalue weighted by atomic mass is 35.5. The molecule has 0 fully saturated rings. The number of halogens is 1. The van der Waals surface area contributed by atoms with Gasteiger partial charge in [-0.25, -0.2) is 0 Å². The zero-order valence-corrected chi connectivity index (χ0v) is 32.2. The van der Waals surface area contributed by atoms with E-state index >= 15 is 0 Å². The number of hydrogen-bond donors (Lipinski definition) is 0. The van der Waals surface area contributed by atoms with Gasteiger partial charge in [-0.3, -0.25) is 4.90 Å². The summed E-state index contributed by atoms with van der Waals surface area (Å²) in [6.07, 6.45) is 28.2. The summed E-state index contributed by atoms with van der Waals surface area (Å²) in [6.45, 7) is 23.2. The molecule has 1 aliphatic heterocycles. The minimum Gasteiger partial charge on any atom is -0.454 e. The minimum absolute atomic E-state index is 0. The summed E-state index contributed by atoms with van der Waals surface area (Å²) in [5.74, 6) is 1.71. The van der Waals surface area contributed by atoms with E-state index in [0.717, 1.165) is 88.9 Å². The fourth-order valence-electron chi connectivity index (χ4n) is 5.40. The largest absolute Gasteiger partial charge is 0.454 e. The number of fused-ring (bicyclic) bond motifs is 1. The van der Waals surface area contributed by atoms with Crippen LogP contribution in [0.25, 0.3) is 0 Å². The van der Waals surface area contributed by atoms with Crippen LogP contribution in [-0.4, -0.2) is 24.8 Å². The van der Waals surface area contributed by atoms with E-state index in [-0.39, 0.29) is 12.4 Å². The Labute approximate surface area is 295 Å². The van der Waals surface area contributed by atoms with E-state index in [2.05, 4.69) is 122 Å². The van der Waals surface area contributed by atoms with Crippen molar-refractivity contribution in [3.05, 3.63) is 105 Å². The molecule has 0 saturated heterocycles. The van der Waals surface area contributed by atoms with Crippen LogP contribution in [0.3, 0.4) is 0 Å². The van der Waals surface area contributed by atoms with Crippen LogP contribution in [0.2, 0.25) is 0 Å². The molecule has 0 amide bonds. The molecule has 0 aliphatic carbocycles. The van der Waals surface area contributed by atoms with Gasteiger partial charge in [0.15, 0.2) is 11.5 Å². The first-order chi connectivity index (χ1) is 22.0. The van der Waals surface area contributed by atoms with Gasteiger partial charge in [0.2, 0.25) is 6.79 Å². The number of nitrogens with zero attached hydrogens (tertiary/aromatic N) is 1. The van der Waals surface area contributed by atoms with Gasteiger partial charge in [0, 0.05) is 19.6 Å². The zero-order valence-electron chi connectivity index (χ0n) is 31.3. The molecule has 4 heteroatoms. The Kier molecular flexibility index (Phi) is 21.9. The fraction of sp³-hybridized carbons (Fsp3) is 0.535. The summed E-state index contributed by atoms with van der Waals surface area (Å²) in [6, 6.07) is 6.35. The van der Waals surface area contributed by atoms with Crippen molar-refractivity contribution < 1.29 is 9.47 Å². The van der Waals surface area contributed by atoms with Gasteiger partial charge >= 0.3 is 0 Å². The van der Waals surface area contributed by atoms with Gasteiger partial charge in [0.05, 0.1) is 0 Å². The maximum Gasteiger partial charge on any atom is 0.231 e. The van der Waals surface area contributed by atoms with E-state index in [9.17, 15) is 0 Å². The van der Waals surface area contributed by atoms with E-state index in [4.69, 9.17) is 9.47 Å². The second-order valence-electron chi connectivity index (χ2n) is 13.9. The summed E-state index contributed by atoms with van der Waals surface area (Å²) >= 11 is 0. The fourth-order valence-corrected chi connectivity index (χ4v) is 5.40. The summed E-state index contributed by atoms with van der Waals surface area (Å²) in [5, 5.41) is 0. The smallest absolute Gasteiger partial charge is 0.231 e. The van der Waals surface area contributed by atoms with E-state index in [0.29, 0.717) is 6.79 Å². The standard InChI is InChI=1S/C43H65NO2.ClH/c1-34(2)15-10-17-36(5)19-12-20-38(7)22-14-24-40(9)28-30-44(32-41-25-26-42-43(31-41)46-33-45-42)29-27-39(8)23-13-21-37(6)18-11-16-35(3)4;/h15-16,19,21-22,25-28,31H,10-14,17-18,20,23-24,29-30,32-33H2,1-9H3;1H/b36-19+,37-21?,38-22+,39-27?,40-28+;. The topological polar surface area (TPSA) is 21.7 Å². The molecule has 0 radical (unpaired) electrons. The molecule has 1 aromatic rings. The van der Waals surface area contributed by atoms with Gasteiger partial charge in [-0.2, -0.15) is 0 Å². The summed E-state index contributed by atoms with van der Waals surface area (Å²) in [5.41, 5.74) is 11.5. The van der Waals surface area contributed by atoms with Gasteiger partial charge in [0.1, 0.15) is 0 Å². The van der Waals surface area contributed by atoms with Crippen LogP contribution in [-0.2, 0) is 6.54 Å². The average molecular weight is 664 g/mol. The molecular formula is C43H66ClNO2. The highest BCUT2D eigenvalue weighted by Crippen LogP contribution is 2.33. The number of allylic oxidation sites excluding steroid dienone is 12. The summed E-state index contributed by atoms with van der Waals surface area (Å²) in [7, 11) is 0. The number of ether oxygens (including phenoxy) is 2. The average Bonchev–Trinajstić information content (AvgIpc) is 3.46. The minimum atomic E-state index is 0. The summed E-state index contributed by atoms with van der Waals surface area (Å²) < 4.78 is 11.2. The zero-order chi connectivity index (χ0) is 33.7. The first-order valence-electron chi connectivity index (χ1n) is 17.7. The molecule has 262 valence electrons. The second-order valence-corrected chi connectivity index (χ2v) is 13.9. The molecule has 1 heterocycles. The Bertz CT molecular complexity index is 1280. The van der Waals surface area contributed by atoms with Crippen LogP contribution in [0, 0.1) is 0 Å². The molecule has 0 saturated carbocycles. The van der Waals surface area contributed by atoms with Gasteiger partial charge in [0.25, 0.3) is 0 Å². The maximum atomic E-state index is 5.66. The second kappa shape index (κ2) is 24.4. The molecule has 47 heavy (non-hydrogen) atoms. The number of hydrogen-bond acceptors (Lipinski definition) is 3. The van der Waals surface area contributed by atoms with Crippen molar-refractivity contribution in [2.45, 2.75) is 133 Å².